The van der Waals surface area contributed by atoms with Crippen molar-refractivity contribution in [3.8, 4) is 0 Å². The SMILES string of the molecule is O=C(O)[C@@H]1C[C@@H](O)CN1C(=O)NC1CCCCC1. The van der Waals surface area contributed by atoms with Crippen LogP contribution in [0, 0.1) is 0 Å². The molecule has 0 spiro atoms. The summed E-state index contributed by atoms with van der Waals surface area (Å²) in [5, 5.41) is 21.4. The summed E-state index contributed by atoms with van der Waals surface area (Å²) in [6, 6.07) is -1.10. The number of carboxylic acids is 1. The lowest BCUT2D eigenvalue weighted by molar-refractivity contribution is -0.141. The molecule has 0 bridgehead atoms. The topological polar surface area (TPSA) is 89.9 Å². The highest BCUT2D eigenvalue weighted by atomic mass is 16.4. The second-order valence-corrected chi connectivity index (χ2v) is 5.18. The maximum absolute atomic E-state index is 12.0. The van der Waals surface area contributed by atoms with Crippen molar-refractivity contribution in [1.82, 2.24) is 10.2 Å². The van der Waals surface area contributed by atoms with Crippen LogP contribution in [0.1, 0.15) is 38.5 Å². The van der Waals surface area contributed by atoms with Crippen LogP contribution in [0.15, 0.2) is 0 Å². The summed E-state index contributed by atoms with van der Waals surface area (Å²) in [4.78, 5) is 24.3. The van der Waals surface area contributed by atoms with E-state index >= 15 is 0 Å². The zero-order valence-electron chi connectivity index (χ0n) is 10.3. The van der Waals surface area contributed by atoms with E-state index < -0.39 is 18.1 Å². The molecular weight excluding hydrogens is 236 g/mol. The Morgan fingerprint density at radius 3 is 2.44 bits per heavy atom. The van der Waals surface area contributed by atoms with Crippen LogP contribution in [0.3, 0.4) is 0 Å². The number of aliphatic hydroxyl groups is 1. The smallest absolute Gasteiger partial charge is 0.326 e. The van der Waals surface area contributed by atoms with Crippen LogP contribution in [0.25, 0.3) is 0 Å². The normalized spacial score (nSPS) is 29.3. The van der Waals surface area contributed by atoms with Gasteiger partial charge in [-0.25, -0.2) is 9.59 Å². The fourth-order valence-electron chi connectivity index (χ4n) is 2.78. The van der Waals surface area contributed by atoms with Crippen LogP contribution < -0.4 is 5.32 Å². The van der Waals surface area contributed by atoms with Crippen LogP contribution in [0.4, 0.5) is 4.79 Å². The maximum Gasteiger partial charge on any atom is 0.326 e. The first-order valence-electron chi connectivity index (χ1n) is 6.56. The molecule has 1 saturated carbocycles. The molecule has 2 amide bonds. The Labute approximate surface area is 106 Å². The highest BCUT2D eigenvalue weighted by Crippen LogP contribution is 2.21. The van der Waals surface area contributed by atoms with E-state index in [1.807, 2.05) is 0 Å². The van der Waals surface area contributed by atoms with Gasteiger partial charge < -0.3 is 20.4 Å². The van der Waals surface area contributed by atoms with Gasteiger partial charge in [-0.15, -0.1) is 0 Å². The van der Waals surface area contributed by atoms with Gasteiger partial charge >= 0.3 is 12.0 Å². The Kier molecular flexibility index (Phi) is 4.06. The van der Waals surface area contributed by atoms with Crippen molar-refractivity contribution in [2.45, 2.75) is 56.7 Å². The third kappa shape index (κ3) is 2.93. The van der Waals surface area contributed by atoms with Gasteiger partial charge in [-0.05, 0) is 12.8 Å². The minimum absolute atomic E-state index is 0.107. The summed E-state index contributed by atoms with van der Waals surface area (Å²) in [5.74, 6) is -1.05. The molecule has 6 nitrogen and oxygen atoms in total. The monoisotopic (exact) mass is 256 g/mol. The predicted molar refractivity (Wildman–Crippen MR) is 64.2 cm³/mol. The standard InChI is InChI=1S/C12H20N2O4/c15-9-6-10(11(16)17)14(7-9)12(18)13-8-4-2-1-3-5-8/h8-10,15H,1-7H2,(H,13,18)(H,16,17)/t9-,10+/m1/s1. The molecule has 2 aliphatic rings. The predicted octanol–water partition coefficient (Wildman–Crippen LogP) is 0.548. The van der Waals surface area contributed by atoms with Gasteiger partial charge in [0, 0.05) is 19.0 Å². The number of nitrogens with zero attached hydrogens (tertiary/aromatic N) is 1. The van der Waals surface area contributed by atoms with Crippen molar-refractivity contribution >= 4 is 12.0 Å². The summed E-state index contributed by atoms with van der Waals surface area (Å²) in [6.45, 7) is 0.107. The molecule has 0 aromatic carbocycles. The van der Waals surface area contributed by atoms with Crippen LogP contribution in [0.5, 0.6) is 0 Å². The van der Waals surface area contributed by atoms with E-state index in [9.17, 15) is 14.7 Å². The zero-order chi connectivity index (χ0) is 13.1. The zero-order valence-corrected chi connectivity index (χ0v) is 10.3. The second-order valence-electron chi connectivity index (χ2n) is 5.18. The third-order valence-corrected chi connectivity index (χ3v) is 3.76. The number of carboxylic acid groups (broad SMARTS) is 1. The summed E-state index contributed by atoms with van der Waals surface area (Å²) in [6.07, 6.45) is 4.72. The number of urea groups is 1. The average molecular weight is 256 g/mol. The molecule has 0 unspecified atom stereocenters. The molecule has 2 atom stereocenters. The summed E-state index contributed by atoms with van der Waals surface area (Å²) >= 11 is 0. The van der Waals surface area contributed by atoms with E-state index in [-0.39, 0.29) is 25.0 Å². The second kappa shape index (κ2) is 5.56. The number of β-amino-alcohol motifs (C(OH)–C–C–N with tert-alkyl or cyclic N) is 1. The van der Waals surface area contributed by atoms with Crippen LogP contribution >= 0.6 is 0 Å². The first-order valence-corrected chi connectivity index (χ1v) is 6.56. The summed E-state index contributed by atoms with van der Waals surface area (Å²) in [7, 11) is 0. The number of amides is 2. The first-order chi connectivity index (χ1) is 8.58. The van der Waals surface area contributed by atoms with Gasteiger partial charge in [0.05, 0.1) is 6.10 Å². The molecule has 2 rings (SSSR count). The minimum Gasteiger partial charge on any atom is -0.480 e. The molecule has 1 saturated heterocycles. The number of carbonyl (C=O) groups excluding carboxylic acids is 1. The van der Waals surface area contributed by atoms with Crippen molar-refractivity contribution in [1.29, 1.82) is 0 Å². The highest BCUT2D eigenvalue weighted by Gasteiger charge is 2.39. The quantitative estimate of drug-likeness (QED) is 0.673. The van der Waals surface area contributed by atoms with Crippen LogP contribution in [0.2, 0.25) is 0 Å². The number of carbonyl (C=O) groups is 2. The minimum atomic E-state index is -1.05. The number of aliphatic hydroxyl groups excluding tert-OH is 1. The molecule has 18 heavy (non-hydrogen) atoms. The van der Waals surface area contributed by atoms with E-state index in [1.165, 1.54) is 11.3 Å². The lowest BCUT2D eigenvalue weighted by Crippen LogP contribution is -2.49. The van der Waals surface area contributed by atoms with Crippen molar-refractivity contribution in [3.63, 3.8) is 0 Å². The Morgan fingerprint density at radius 2 is 1.83 bits per heavy atom. The molecule has 1 heterocycles. The maximum atomic E-state index is 12.0. The fraction of sp³-hybridized carbons (Fsp3) is 0.833. The van der Waals surface area contributed by atoms with Crippen molar-refractivity contribution in [3.05, 3.63) is 0 Å². The number of nitrogens with one attached hydrogen (secondary N) is 1. The largest absolute Gasteiger partial charge is 0.480 e. The number of likely N-dealkylation sites (tertiary alicyclic amines) is 1. The molecule has 0 aromatic rings. The van der Waals surface area contributed by atoms with Gasteiger partial charge in [0.2, 0.25) is 0 Å². The van der Waals surface area contributed by atoms with Gasteiger partial charge in [0.1, 0.15) is 6.04 Å². The summed E-state index contributed by atoms with van der Waals surface area (Å²) < 4.78 is 0. The van der Waals surface area contributed by atoms with Crippen molar-refractivity contribution < 1.29 is 19.8 Å². The van der Waals surface area contributed by atoms with Gasteiger partial charge in [-0.3, -0.25) is 0 Å². The van der Waals surface area contributed by atoms with E-state index in [0.29, 0.717) is 0 Å². The van der Waals surface area contributed by atoms with E-state index in [4.69, 9.17) is 5.11 Å². The lowest BCUT2D eigenvalue weighted by atomic mass is 9.96. The molecule has 1 aliphatic heterocycles. The third-order valence-electron chi connectivity index (χ3n) is 3.76. The Balaban J connectivity index is 1.92. The van der Waals surface area contributed by atoms with Gasteiger partial charge in [-0.1, -0.05) is 19.3 Å². The number of aliphatic carboxylic acids is 1. The molecule has 0 aromatic heterocycles. The summed E-state index contributed by atoms with van der Waals surface area (Å²) in [5.41, 5.74) is 0. The number of hydrogen-bond acceptors (Lipinski definition) is 3. The lowest BCUT2D eigenvalue weighted by Gasteiger charge is -2.27. The first kappa shape index (κ1) is 13.1. The Morgan fingerprint density at radius 1 is 1.17 bits per heavy atom. The van der Waals surface area contributed by atoms with E-state index in [1.54, 1.807) is 0 Å². The highest BCUT2D eigenvalue weighted by molar-refractivity contribution is 5.83. The Bertz CT molecular complexity index is 328. The molecule has 102 valence electrons. The Hall–Kier alpha value is -1.30. The van der Waals surface area contributed by atoms with E-state index in [0.717, 1.165) is 25.7 Å². The van der Waals surface area contributed by atoms with Gasteiger partial charge in [-0.2, -0.15) is 0 Å². The molecule has 3 N–H and O–H groups in total. The molecular formula is C12H20N2O4. The molecule has 2 fully saturated rings. The van der Waals surface area contributed by atoms with Crippen molar-refractivity contribution in [2.24, 2.45) is 0 Å². The number of rotatable bonds is 2. The average Bonchev–Trinajstić information content (AvgIpc) is 2.73. The molecule has 6 heteroatoms. The number of hydrogen-bond donors (Lipinski definition) is 3. The van der Waals surface area contributed by atoms with Crippen LogP contribution in [-0.4, -0.2) is 51.8 Å². The van der Waals surface area contributed by atoms with Crippen molar-refractivity contribution in [2.75, 3.05) is 6.54 Å². The molecule has 0 radical (unpaired) electrons. The van der Waals surface area contributed by atoms with Crippen LogP contribution in [-0.2, 0) is 4.79 Å². The van der Waals surface area contributed by atoms with Gasteiger partial charge in [0.25, 0.3) is 0 Å². The fourth-order valence-corrected chi connectivity index (χ4v) is 2.78. The van der Waals surface area contributed by atoms with Gasteiger partial charge in [0.15, 0.2) is 0 Å². The molecule has 1 aliphatic carbocycles. The van der Waals surface area contributed by atoms with E-state index in [2.05, 4.69) is 5.32 Å².